The lowest BCUT2D eigenvalue weighted by Gasteiger charge is -2.20. The maximum absolute atomic E-state index is 13.6. The highest BCUT2D eigenvalue weighted by atomic mass is 35.5. The zero-order valence-electron chi connectivity index (χ0n) is 10.9. The number of carboxylic acids is 1. The lowest BCUT2D eigenvalue weighted by Crippen LogP contribution is -2.39. The summed E-state index contributed by atoms with van der Waals surface area (Å²) in [4.78, 5) is 23.9. The Labute approximate surface area is 120 Å². The monoisotopic (exact) mass is 303 g/mol. The highest BCUT2D eigenvalue weighted by Crippen LogP contribution is 2.20. The maximum atomic E-state index is 13.6. The van der Waals surface area contributed by atoms with Crippen LogP contribution in [-0.4, -0.2) is 48.7 Å². The number of carbonyl (C=O) groups excluding carboxylic acids is 1. The minimum Gasteiger partial charge on any atom is -0.480 e. The largest absolute Gasteiger partial charge is 0.480 e. The molecule has 0 saturated heterocycles. The van der Waals surface area contributed by atoms with Gasteiger partial charge in [-0.2, -0.15) is 0 Å². The van der Waals surface area contributed by atoms with Crippen LogP contribution in [0.15, 0.2) is 18.2 Å². The van der Waals surface area contributed by atoms with Gasteiger partial charge in [-0.25, -0.2) is 4.39 Å². The molecule has 1 aromatic carbocycles. The standard InChI is InChI=1S/C13H15ClFNO4/c1-20-6-5-16(8-13(18)19)12(17)7-9-10(14)3-2-4-11(9)15/h2-4H,5-8H2,1H3,(H,18,19). The van der Waals surface area contributed by atoms with Crippen LogP contribution in [0.2, 0.25) is 5.02 Å². The number of carboxylic acid groups (broad SMARTS) is 1. The van der Waals surface area contributed by atoms with Crippen molar-refractivity contribution >= 4 is 23.5 Å². The van der Waals surface area contributed by atoms with Gasteiger partial charge in [-0.3, -0.25) is 9.59 Å². The van der Waals surface area contributed by atoms with E-state index in [1.807, 2.05) is 0 Å². The van der Waals surface area contributed by atoms with Crippen molar-refractivity contribution in [3.63, 3.8) is 0 Å². The highest BCUT2D eigenvalue weighted by Gasteiger charge is 2.19. The van der Waals surface area contributed by atoms with Gasteiger partial charge in [0.1, 0.15) is 12.4 Å². The molecule has 0 atom stereocenters. The summed E-state index contributed by atoms with van der Waals surface area (Å²) in [7, 11) is 1.44. The van der Waals surface area contributed by atoms with E-state index in [9.17, 15) is 14.0 Å². The molecule has 5 nitrogen and oxygen atoms in total. The second-order valence-electron chi connectivity index (χ2n) is 4.08. The molecule has 0 spiro atoms. The molecule has 0 heterocycles. The molecule has 7 heteroatoms. The molecule has 0 aromatic heterocycles. The Balaban J connectivity index is 2.81. The van der Waals surface area contributed by atoms with Gasteiger partial charge in [-0.05, 0) is 12.1 Å². The molecule has 0 saturated carbocycles. The number of carbonyl (C=O) groups is 2. The van der Waals surface area contributed by atoms with Crippen molar-refractivity contribution in [2.75, 3.05) is 26.8 Å². The fourth-order valence-electron chi connectivity index (χ4n) is 1.62. The predicted molar refractivity (Wildman–Crippen MR) is 71.2 cm³/mol. The first-order valence-electron chi connectivity index (χ1n) is 5.87. The van der Waals surface area contributed by atoms with E-state index in [4.69, 9.17) is 21.4 Å². The number of halogens is 2. The summed E-state index contributed by atoms with van der Waals surface area (Å²) < 4.78 is 18.4. The molecular formula is C13H15ClFNO4. The fraction of sp³-hybridized carbons (Fsp3) is 0.385. The first-order valence-corrected chi connectivity index (χ1v) is 6.25. The minimum absolute atomic E-state index is 0.0620. The summed E-state index contributed by atoms with van der Waals surface area (Å²) in [6.45, 7) is -0.147. The Kier molecular flexibility index (Phi) is 6.41. The van der Waals surface area contributed by atoms with Crippen molar-refractivity contribution in [2.45, 2.75) is 6.42 Å². The smallest absolute Gasteiger partial charge is 0.323 e. The highest BCUT2D eigenvalue weighted by molar-refractivity contribution is 6.31. The molecule has 1 N–H and O–H groups in total. The van der Waals surface area contributed by atoms with E-state index in [-0.39, 0.29) is 30.2 Å². The Morgan fingerprint density at radius 1 is 1.45 bits per heavy atom. The van der Waals surface area contributed by atoms with Gasteiger partial charge in [0.2, 0.25) is 5.91 Å². The van der Waals surface area contributed by atoms with Crippen LogP contribution in [0.4, 0.5) is 4.39 Å². The van der Waals surface area contributed by atoms with Crippen LogP contribution in [0, 0.1) is 5.82 Å². The summed E-state index contributed by atoms with van der Waals surface area (Å²) in [5.74, 6) is -2.25. The molecule has 110 valence electrons. The number of amides is 1. The zero-order chi connectivity index (χ0) is 15.1. The van der Waals surface area contributed by atoms with Crippen LogP contribution in [0.25, 0.3) is 0 Å². The van der Waals surface area contributed by atoms with Gasteiger partial charge in [0.25, 0.3) is 0 Å². The molecule has 20 heavy (non-hydrogen) atoms. The first-order chi connectivity index (χ1) is 9.45. The number of hydrogen-bond donors (Lipinski definition) is 1. The van der Waals surface area contributed by atoms with Crippen molar-refractivity contribution in [3.05, 3.63) is 34.6 Å². The molecule has 1 rings (SSSR count). The summed E-state index contributed by atoms with van der Waals surface area (Å²) in [6, 6.07) is 4.11. The zero-order valence-corrected chi connectivity index (χ0v) is 11.7. The Morgan fingerprint density at radius 2 is 2.15 bits per heavy atom. The number of aliphatic carboxylic acids is 1. The van der Waals surface area contributed by atoms with Crippen LogP contribution >= 0.6 is 11.6 Å². The molecule has 1 amide bonds. The molecule has 0 aliphatic heterocycles. The van der Waals surface area contributed by atoms with Crippen LogP contribution in [0.3, 0.4) is 0 Å². The van der Waals surface area contributed by atoms with Crippen LogP contribution in [0.5, 0.6) is 0 Å². The average Bonchev–Trinajstić information content (AvgIpc) is 2.38. The van der Waals surface area contributed by atoms with E-state index in [1.165, 1.54) is 25.3 Å². The van der Waals surface area contributed by atoms with Crippen LogP contribution < -0.4 is 0 Å². The SMILES string of the molecule is COCCN(CC(=O)O)C(=O)Cc1c(F)cccc1Cl. The summed E-state index contributed by atoms with van der Waals surface area (Å²) in [6.07, 6.45) is -0.289. The second-order valence-corrected chi connectivity index (χ2v) is 4.49. The maximum Gasteiger partial charge on any atom is 0.323 e. The Morgan fingerprint density at radius 3 is 2.70 bits per heavy atom. The normalized spacial score (nSPS) is 10.3. The number of hydrogen-bond acceptors (Lipinski definition) is 3. The fourth-order valence-corrected chi connectivity index (χ4v) is 1.85. The quantitative estimate of drug-likeness (QED) is 0.830. The summed E-state index contributed by atoms with van der Waals surface area (Å²) >= 11 is 5.84. The Bertz CT molecular complexity index is 475. The number of methoxy groups -OCH3 is 1. The van der Waals surface area contributed by atoms with E-state index < -0.39 is 24.2 Å². The van der Waals surface area contributed by atoms with E-state index in [2.05, 4.69) is 0 Å². The lowest BCUT2D eigenvalue weighted by atomic mass is 10.1. The van der Waals surface area contributed by atoms with Crippen LogP contribution in [0.1, 0.15) is 5.56 Å². The van der Waals surface area contributed by atoms with Gasteiger partial charge in [0, 0.05) is 24.2 Å². The topological polar surface area (TPSA) is 66.8 Å². The third-order valence-electron chi connectivity index (χ3n) is 2.63. The van der Waals surface area contributed by atoms with Gasteiger partial charge >= 0.3 is 5.97 Å². The van der Waals surface area contributed by atoms with E-state index in [1.54, 1.807) is 0 Å². The minimum atomic E-state index is -1.14. The van der Waals surface area contributed by atoms with Crippen molar-refractivity contribution in [3.8, 4) is 0 Å². The van der Waals surface area contributed by atoms with Gasteiger partial charge in [-0.1, -0.05) is 17.7 Å². The van der Waals surface area contributed by atoms with Gasteiger partial charge in [0.15, 0.2) is 0 Å². The van der Waals surface area contributed by atoms with Gasteiger partial charge in [-0.15, -0.1) is 0 Å². The molecule has 1 aromatic rings. The third kappa shape index (κ3) is 4.79. The Hall–Kier alpha value is -1.66. The lowest BCUT2D eigenvalue weighted by molar-refractivity contribution is -0.144. The average molecular weight is 304 g/mol. The molecular weight excluding hydrogens is 289 g/mol. The molecule has 0 radical (unpaired) electrons. The predicted octanol–water partition coefficient (Wildman–Crippen LogP) is 1.58. The number of benzene rings is 1. The van der Waals surface area contributed by atoms with Crippen molar-refractivity contribution in [2.24, 2.45) is 0 Å². The molecule has 0 unspecified atom stereocenters. The van der Waals surface area contributed by atoms with Crippen molar-refractivity contribution in [1.29, 1.82) is 0 Å². The molecule has 0 aliphatic rings. The number of nitrogens with zero attached hydrogens (tertiary/aromatic N) is 1. The van der Waals surface area contributed by atoms with E-state index in [0.29, 0.717) is 0 Å². The van der Waals surface area contributed by atoms with Crippen LogP contribution in [-0.2, 0) is 20.7 Å². The van der Waals surface area contributed by atoms with Crippen molar-refractivity contribution < 1.29 is 23.8 Å². The summed E-state index contributed by atoms with van der Waals surface area (Å²) in [5.41, 5.74) is 0.0620. The van der Waals surface area contributed by atoms with E-state index in [0.717, 1.165) is 4.90 Å². The van der Waals surface area contributed by atoms with Gasteiger partial charge < -0.3 is 14.7 Å². The van der Waals surface area contributed by atoms with Gasteiger partial charge in [0.05, 0.1) is 13.0 Å². The summed E-state index contributed by atoms with van der Waals surface area (Å²) in [5, 5.41) is 8.91. The first kappa shape index (κ1) is 16.4. The second kappa shape index (κ2) is 7.81. The van der Waals surface area contributed by atoms with E-state index >= 15 is 0 Å². The van der Waals surface area contributed by atoms with Crippen molar-refractivity contribution in [1.82, 2.24) is 4.90 Å². The molecule has 0 aliphatic carbocycles. The molecule has 0 bridgehead atoms. The number of ether oxygens (including phenoxy) is 1. The molecule has 0 fully saturated rings. The third-order valence-corrected chi connectivity index (χ3v) is 2.99. The number of rotatable bonds is 7.